The highest BCUT2D eigenvalue weighted by atomic mass is 19.1. The quantitative estimate of drug-likeness (QED) is 0.465. The molecule has 3 aromatic rings. The smallest absolute Gasteiger partial charge is 0.256 e. The molecule has 154 valence electrons. The molecule has 1 aliphatic heterocycles. The van der Waals surface area contributed by atoms with Gasteiger partial charge < -0.3 is 20.7 Å². The van der Waals surface area contributed by atoms with Gasteiger partial charge in [0.1, 0.15) is 5.82 Å². The van der Waals surface area contributed by atoms with Crippen LogP contribution in [0.1, 0.15) is 39.1 Å². The largest absolute Gasteiger partial charge is 0.369 e. The summed E-state index contributed by atoms with van der Waals surface area (Å²) in [5, 5.41) is 26.1. The Bertz CT molecular complexity index is 1170. The number of aliphatic hydroxyl groups excluding tert-OH is 1. The molecule has 10 nitrogen and oxygen atoms in total. The Morgan fingerprint density at radius 1 is 1.40 bits per heavy atom. The Morgan fingerprint density at radius 2 is 2.20 bits per heavy atom. The van der Waals surface area contributed by atoms with Crippen molar-refractivity contribution < 1.29 is 19.1 Å². The molecule has 1 atom stereocenters. The summed E-state index contributed by atoms with van der Waals surface area (Å²) >= 11 is 0. The van der Waals surface area contributed by atoms with Crippen molar-refractivity contribution in [2.75, 3.05) is 11.9 Å². The fraction of sp³-hybridized carbons (Fsp3) is 0.211. The number of anilines is 1. The molecular formula is C19H18FN7O3. The molecule has 4 rings (SSSR count). The second kappa shape index (κ2) is 7.52. The van der Waals surface area contributed by atoms with Crippen LogP contribution in [0.2, 0.25) is 0 Å². The second-order valence-electron chi connectivity index (χ2n) is 6.81. The normalized spacial score (nSPS) is 15.2. The summed E-state index contributed by atoms with van der Waals surface area (Å²) < 4.78 is 13.6. The molecule has 0 bridgehead atoms. The zero-order chi connectivity index (χ0) is 21.4. The van der Waals surface area contributed by atoms with E-state index in [2.05, 4.69) is 31.0 Å². The van der Waals surface area contributed by atoms with Crippen molar-refractivity contribution in [3.8, 4) is 0 Å². The molecule has 0 aliphatic carbocycles. The lowest BCUT2D eigenvalue weighted by atomic mass is 10.0. The molecule has 0 spiro atoms. The average molecular weight is 411 g/mol. The third kappa shape index (κ3) is 3.46. The topological polar surface area (TPSA) is 138 Å². The number of aromatic amines is 1. The Balaban J connectivity index is 1.58. The Labute approximate surface area is 169 Å². The zero-order valence-electron chi connectivity index (χ0n) is 16.1. The van der Waals surface area contributed by atoms with Gasteiger partial charge in [0.05, 0.1) is 17.7 Å². The summed E-state index contributed by atoms with van der Waals surface area (Å²) in [4.78, 5) is 29.1. The minimum absolute atomic E-state index is 0.120. The molecule has 2 aromatic heterocycles. The van der Waals surface area contributed by atoms with Crippen molar-refractivity contribution in [3.05, 3.63) is 58.4 Å². The summed E-state index contributed by atoms with van der Waals surface area (Å²) in [5.41, 5.74) is 3.43. The van der Waals surface area contributed by atoms with Gasteiger partial charge in [0, 0.05) is 22.6 Å². The fourth-order valence-corrected chi connectivity index (χ4v) is 3.37. The number of H-pyrrole nitrogens is 1. The maximum absolute atomic E-state index is 13.6. The van der Waals surface area contributed by atoms with Crippen molar-refractivity contribution in [2.45, 2.75) is 20.1 Å². The molecule has 0 radical (unpaired) electrons. The lowest BCUT2D eigenvalue weighted by Gasteiger charge is -2.10. The number of rotatable bonds is 5. The molecule has 30 heavy (non-hydrogen) atoms. The number of benzene rings is 1. The number of hydrogen-bond donors (Lipinski definition) is 4. The van der Waals surface area contributed by atoms with E-state index in [1.165, 1.54) is 24.5 Å². The summed E-state index contributed by atoms with van der Waals surface area (Å²) in [7, 11) is 0. The van der Waals surface area contributed by atoms with Gasteiger partial charge in [-0.15, -0.1) is 15.0 Å². The molecule has 0 saturated heterocycles. The third-order valence-electron chi connectivity index (χ3n) is 4.83. The highest BCUT2D eigenvalue weighted by Crippen LogP contribution is 2.34. The van der Waals surface area contributed by atoms with E-state index in [9.17, 15) is 19.1 Å². The lowest BCUT2D eigenvalue weighted by molar-refractivity contribution is -0.110. The van der Waals surface area contributed by atoms with Crippen molar-refractivity contribution in [3.63, 3.8) is 0 Å². The van der Waals surface area contributed by atoms with E-state index in [-0.39, 0.29) is 12.5 Å². The molecular weight excluding hydrogens is 393 g/mol. The lowest BCUT2D eigenvalue weighted by Crippen LogP contribution is -2.32. The molecule has 3 heterocycles. The SMILES string of the molecule is Cc1[nH]c(/C=C2\C(=O)Nc3ccc(F)cc32)c(C)c1C(=O)NCC(O)n1ncnn1. The van der Waals surface area contributed by atoms with E-state index in [1.807, 2.05) is 0 Å². The number of nitrogens with zero attached hydrogens (tertiary/aromatic N) is 4. The minimum Gasteiger partial charge on any atom is -0.369 e. The van der Waals surface area contributed by atoms with Gasteiger partial charge in [0.2, 0.25) is 0 Å². The predicted molar refractivity (Wildman–Crippen MR) is 105 cm³/mol. The van der Waals surface area contributed by atoms with Crippen LogP contribution in [0, 0.1) is 19.7 Å². The zero-order valence-corrected chi connectivity index (χ0v) is 16.1. The highest BCUT2D eigenvalue weighted by Gasteiger charge is 2.26. The molecule has 0 fully saturated rings. The monoisotopic (exact) mass is 411 g/mol. The third-order valence-corrected chi connectivity index (χ3v) is 4.83. The minimum atomic E-state index is -1.16. The average Bonchev–Trinajstić information content (AvgIpc) is 3.40. The van der Waals surface area contributed by atoms with Crippen LogP contribution < -0.4 is 10.6 Å². The first-order chi connectivity index (χ1) is 14.3. The van der Waals surface area contributed by atoms with Crippen molar-refractivity contribution in [2.24, 2.45) is 0 Å². The van der Waals surface area contributed by atoms with Gasteiger partial charge in [-0.25, -0.2) is 4.39 Å². The van der Waals surface area contributed by atoms with Gasteiger partial charge in [-0.05, 0) is 48.9 Å². The van der Waals surface area contributed by atoms with Crippen LogP contribution in [-0.4, -0.2) is 48.7 Å². The standard InChI is InChI=1S/C19H18FN7O3/c1-9-15(6-13-12-5-11(20)3-4-14(12)25-18(13)29)24-10(2)17(9)19(30)21-7-16(28)27-23-8-22-26-27/h3-6,8,16,24,28H,7H2,1-2H3,(H,21,30)(H,25,29)/b13-6-. The molecule has 11 heteroatoms. The van der Waals surface area contributed by atoms with Gasteiger partial charge in [0.15, 0.2) is 12.6 Å². The van der Waals surface area contributed by atoms with Gasteiger partial charge in [-0.3, -0.25) is 9.59 Å². The number of carbonyl (C=O) groups excluding carboxylic acids is 2. The van der Waals surface area contributed by atoms with Crippen LogP contribution in [0.25, 0.3) is 11.6 Å². The first-order valence-corrected chi connectivity index (χ1v) is 9.06. The van der Waals surface area contributed by atoms with Crippen molar-refractivity contribution in [1.82, 2.24) is 30.5 Å². The van der Waals surface area contributed by atoms with E-state index in [1.54, 1.807) is 19.9 Å². The number of nitrogens with one attached hydrogen (secondary N) is 3. The summed E-state index contributed by atoms with van der Waals surface area (Å²) in [6.45, 7) is 3.34. The number of amides is 2. The summed E-state index contributed by atoms with van der Waals surface area (Å²) in [6.07, 6.45) is 1.61. The predicted octanol–water partition coefficient (Wildman–Crippen LogP) is 1.17. The van der Waals surface area contributed by atoms with E-state index >= 15 is 0 Å². The number of hydrogen-bond acceptors (Lipinski definition) is 6. The van der Waals surface area contributed by atoms with Crippen LogP contribution in [-0.2, 0) is 4.79 Å². The van der Waals surface area contributed by atoms with Gasteiger partial charge in [0.25, 0.3) is 11.8 Å². The van der Waals surface area contributed by atoms with Gasteiger partial charge in [-0.1, -0.05) is 0 Å². The Kier molecular flexibility index (Phi) is 4.88. The molecule has 1 aromatic carbocycles. The van der Waals surface area contributed by atoms with E-state index < -0.39 is 18.0 Å². The molecule has 1 aliphatic rings. The number of halogens is 1. The summed E-state index contributed by atoms with van der Waals surface area (Å²) in [6, 6.07) is 4.07. The van der Waals surface area contributed by atoms with Gasteiger partial charge in [-0.2, -0.15) is 0 Å². The second-order valence-corrected chi connectivity index (χ2v) is 6.81. The fourth-order valence-electron chi connectivity index (χ4n) is 3.37. The molecule has 1 unspecified atom stereocenters. The van der Waals surface area contributed by atoms with E-state index in [4.69, 9.17) is 0 Å². The molecule has 4 N–H and O–H groups in total. The van der Waals surface area contributed by atoms with Crippen LogP contribution >= 0.6 is 0 Å². The van der Waals surface area contributed by atoms with Crippen molar-refractivity contribution in [1.29, 1.82) is 0 Å². The first kappa shape index (κ1) is 19.5. The van der Waals surface area contributed by atoms with Crippen LogP contribution in [0.4, 0.5) is 10.1 Å². The number of tetrazole rings is 1. The maximum atomic E-state index is 13.6. The van der Waals surface area contributed by atoms with Crippen LogP contribution in [0.15, 0.2) is 24.5 Å². The van der Waals surface area contributed by atoms with E-state index in [0.29, 0.717) is 39.3 Å². The van der Waals surface area contributed by atoms with Gasteiger partial charge >= 0.3 is 0 Å². The number of fused-ring (bicyclic) bond motifs is 1. The number of aromatic nitrogens is 5. The van der Waals surface area contributed by atoms with E-state index in [0.717, 1.165) is 4.80 Å². The highest BCUT2D eigenvalue weighted by molar-refractivity contribution is 6.34. The first-order valence-electron chi connectivity index (χ1n) is 9.06. The Morgan fingerprint density at radius 3 is 2.93 bits per heavy atom. The number of aryl methyl sites for hydroxylation is 1. The number of aliphatic hydroxyl groups is 1. The van der Waals surface area contributed by atoms with Crippen molar-refractivity contribution >= 4 is 29.2 Å². The molecule has 2 amide bonds. The summed E-state index contributed by atoms with van der Waals surface area (Å²) in [5.74, 6) is -1.21. The number of carbonyl (C=O) groups is 2. The Hall–Kier alpha value is -3.86. The molecule has 0 saturated carbocycles. The van der Waals surface area contributed by atoms with Crippen LogP contribution in [0.3, 0.4) is 0 Å². The van der Waals surface area contributed by atoms with Crippen LogP contribution in [0.5, 0.6) is 0 Å². The maximum Gasteiger partial charge on any atom is 0.256 e.